The molecule has 0 aliphatic carbocycles. The summed E-state index contributed by atoms with van der Waals surface area (Å²) in [6.45, 7) is 6.48. The minimum Gasteiger partial charge on any atom is -0.547 e. The summed E-state index contributed by atoms with van der Waals surface area (Å²) in [7, 11) is 0. The van der Waals surface area contributed by atoms with E-state index < -0.39 is 12.3 Å². The Labute approximate surface area is 105 Å². The van der Waals surface area contributed by atoms with Gasteiger partial charge in [-0.2, -0.15) is 0 Å². The molecule has 0 aliphatic rings. The molecule has 0 aromatic carbocycles. The van der Waals surface area contributed by atoms with E-state index in [0.29, 0.717) is 0 Å². The van der Waals surface area contributed by atoms with E-state index in [1.54, 1.807) is 27.7 Å². The van der Waals surface area contributed by atoms with E-state index in [1.165, 1.54) is 0 Å². The Morgan fingerprint density at radius 2 is 1.07 bits per heavy atom. The second-order valence-electron chi connectivity index (χ2n) is 2.83. The molecule has 84 valence electrons. The molecule has 0 aromatic heterocycles. The smallest absolute Gasteiger partial charge is 0.547 e. The Hall–Kier alpha value is -0.694. The Bertz CT molecular complexity index is 160. The zero-order valence-corrected chi connectivity index (χ0v) is 10.7. The van der Waals surface area contributed by atoms with Crippen LogP contribution in [0.25, 0.3) is 0 Å². The Morgan fingerprint density at radius 3 is 1.07 bits per heavy atom. The molecule has 0 amide bonds. The number of hydrogen-bond acceptors (Lipinski definition) is 6. The summed E-state index contributed by atoms with van der Waals surface area (Å²) >= 11 is 0. The van der Waals surface area contributed by atoms with Gasteiger partial charge in [-0.1, -0.05) is 0 Å². The van der Waals surface area contributed by atoms with E-state index in [4.69, 9.17) is 0 Å². The molecule has 0 fully saturated rings. The maximum Gasteiger partial charge on any atom is 2.00 e. The predicted octanol–water partition coefficient (Wildman–Crippen LogP) is -0.871. The van der Waals surface area contributed by atoms with E-state index in [2.05, 4.69) is 9.47 Å². The van der Waals surface area contributed by atoms with Crippen molar-refractivity contribution in [2.45, 2.75) is 39.9 Å². The number of carbonyl (C=O) groups is 2. The molecule has 0 N–H and O–H groups in total. The quantitative estimate of drug-likeness (QED) is 0.452. The van der Waals surface area contributed by atoms with Crippen LogP contribution in [0.5, 0.6) is 0 Å². The minimum atomic E-state index is -1.46. The van der Waals surface area contributed by atoms with Crippen molar-refractivity contribution in [3.8, 4) is 0 Å². The molecule has 0 aromatic rings. The largest absolute Gasteiger partial charge is 2.00 e. The number of carboxylic acid groups (broad SMARTS) is 2. The molecule has 6 nitrogen and oxygen atoms in total. The SMILES string of the molecule is CC(C)OC(=O)[O-].CC(C)OC(=O)[O-].[Mg+2]. The maximum absolute atomic E-state index is 9.48. The second-order valence-corrected chi connectivity index (χ2v) is 2.83. The third-order valence-electron chi connectivity index (χ3n) is 0.664. The van der Waals surface area contributed by atoms with E-state index in [9.17, 15) is 19.8 Å². The molecule has 0 saturated carbocycles. The Kier molecular flexibility index (Phi) is 15.0. The molecule has 0 unspecified atom stereocenters. The van der Waals surface area contributed by atoms with Crippen LogP contribution >= 0.6 is 0 Å². The van der Waals surface area contributed by atoms with Crippen LogP contribution in [0.4, 0.5) is 9.59 Å². The molecular weight excluding hydrogens is 216 g/mol. The van der Waals surface area contributed by atoms with E-state index in [-0.39, 0.29) is 35.3 Å². The van der Waals surface area contributed by atoms with Gasteiger partial charge in [0, 0.05) is 12.2 Å². The van der Waals surface area contributed by atoms with Gasteiger partial charge in [0.05, 0.1) is 0 Å². The molecule has 0 atom stereocenters. The van der Waals surface area contributed by atoms with Gasteiger partial charge in [-0.25, -0.2) is 0 Å². The third kappa shape index (κ3) is 31.9. The molecule has 0 heterocycles. The monoisotopic (exact) mass is 230 g/mol. The van der Waals surface area contributed by atoms with Crippen molar-refractivity contribution in [1.82, 2.24) is 0 Å². The van der Waals surface area contributed by atoms with Gasteiger partial charge in [0.1, 0.15) is 0 Å². The van der Waals surface area contributed by atoms with Gasteiger partial charge >= 0.3 is 23.1 Å². The zero-order valence-electron chi connectivity index (χ0n) is 9.31. The zero-order chi connectivity index (χ0) is 11.7. The molecular formula is C8H14MgO6. The summed E-state index contributed by atoms with van der Waals surface area (Å²) in [5.41, 5.74) is 0. The molecule has 0 aliphatic heterocycles. The predicted molar refractivity (Wildman–Crippen MR) is 49.0 cm³/mol. The number of carbonyl (C=O) groups excluding carboxylic acids is 2. The first-order valence-corrected chi connectivity index (χ1v) is 4.01. The van der Waals surface area contributed by atoms with Crippen molar-refractivity contribution in [1.29, 1.82) is 0 Å². The van der Waals surface area contributed by atoms with Crippen LogP contribution in [0.1, 0.15) is 27.7 Å². The topological polar surface area (TPSA) is 98.7 Å². The van der Waals surface area contributed by atoms with Gasteiger partial charge in [-0.15, -0.1) is 0 Å². The third-order valence-corrected chi connectivity index (χ3v) is 0.664. The average molecular weight is 230 g/mol. The normalized spacial score (nSPS) is 8.40. The van der Waals surface area contributed by atoms with Gasteiger partial charge in [-0.3, -0.25) is 0 Å². The summed E-state index contributed by atoms with van der Waals surface area (Å²) < 4.78 is 8.11. The molecule has 0 bridgehead atoms. The van der Waals surface area contributed by atoms with Crippen LogP contribution < -0.4 is 10.2 Å². The molecule has 0 spiro atoms. The first-order chi connectivity index (χ1) is 6.25. The van der Waals surface area contributed by atoms with Crippen LogP contribution in [-0.4, -0.2) is 47.6 Å². The Balaban J connectivity index is -0.000000180. The van der Waals surface area contributed by atoms with Crippen molar-refractivity contribution in [3.05, 3.63) is 0 Å². The van der Waals surface area contributed by atoms with Gasteiger partial charge < -0.3 is 29.3 Å². The van der Waals surface area contributed by atoms with Crippen LogP contribution in [0.15, 0.2) is 0 Å². The first-order valence-electron chi connectivity index (χ1n) is 4.01. The fourth-order valence-electron chi connectivity index (χ4n) is 0.385. The van der Waals surface area contributed by atoms with Crippen molar-refractivity contribution >= 4 is 35.4 Å². The van der Waals surface area contributed by atoms with Crippen molar-refractivity contribution < 1.29 is 29.3 Å². The van der Waals surface area contributed by atoms with E-state index in [1.807, 2.05) is 0 Å². The fourth-order valence-corrected chi connectivity index (χ4v) is 0.385. The van der Waals surface area contributed by atoms with Gasteiger partial charge in [-0.05, 0) is 27.7 Å². The van der Waals surface area contributed by atoms with Crippen molar-refractivity contribution in [2.24, 2.45) is 0 Å². The first kappa shape index (κ1) is 19.8. The van der Waals surface area contributed by atoms with Crippen LogP contribution in [0, 0.1) is 0 Å². The van der Waals surface area contributed by atoms with Crippen molar-refractivity contribution in [2.75, 3.05) is 0 Å². The van der Waals surface area contributed by atoms with Crippen LogP contribution in [-0.2, 0) is 9.47 Å². The summed E-state index contributed by atoms with van der Waals surface area (Å²) in [6.07, 6.45) is -3.50. The number of hydrogen-bond donors (Lipinski definition) is 0. The Morgan fingerprint density at radius 1 is 0.867 bits per heavy atom. The van der Waals surface area contributed by atoms with Crippen molar-refractivity contribution in [3.63, 3.8) is 0 Å². The minimum absolute atomic E-state index is 0. The number of rotatable bonds is 2. The van der Waals surface area contributed by atoms with Crippen LogP contribution in [0.2, 0.25) is 0 Å². The molecule has 0 radical (unpaired) electrons. The van der Waals surface area contributed by atoms with E-state index in [0.717, 1.165) is 0 Å². The molecule has 7 heteroatoms. The fraction of sp³-hybridized carbons (Fsp3) is 0.750. The number of ether oxygens (including phenoxy) is 2. The van der Waals surface area contributed by atoms with Gasteiger partial charge in [0.15, 0.2) is 0 Å². The van der Waals surface area contributed by atoms with E-state index >= 15 is 0 Å². The summed E-state index contributed by atoms with van der Waals surface area (Å²) in [5, 5.41) is 19.0. The standard InChI is InChI=1S/2C4H8O3.Mg/c2*1-3(2)7-4(5)6;/h2*3H,1-2H3,(H,5,6);/q;;+2/p-2. The molecule has 0 saturated heterocycles. The van der Waals surface area contributed by atoms with Gasteiger partial charge in [0.25, 0.3) is 12.3 Å². The second kappa shape index (κ2) is 11.4. The van der Waals surface area contributed by atoms with Crippen LogP contribution in [0.3, 0.4) is 0 Å². The summed E-state index contributed by atoms with van der Waals surface area (Å²) in [4.78, 5) is 19.0. The van der Waals surface area contributed by atoms with Gasteiger partial charge in [0.2, 0.25) is 0 Å². The summed E-state index contributed by atoms with van der Waals surface area (Å²) in [6, 6.07) is 0. The molecule has 0 rings (SSSR count). The molecule has 15 heavy (non-hydrogen) atoms. The summed E-state index contributed by atoms with van der Waals surface area (Å²) in [5.74, 6) is 0. The maximum atomic E-state index is 9.48. The average Bonchev–Trinajstić information content (AvgIpc) is 1.79.